The Morgan fingerprint density at radius 3 is 2.55 bits per heavy atom. The van der Waals surface area contributed by atoms with E-state index < -0.39 is 6.04 Å². The molecule has 2 rings (SSSR count). The summed E-state index contributed by atoms with van der Waals surface area (Å²) in [5.74, 6) is -0.805. The first-order chi connectivity index (χ1) is 10.5. The van der Waals surface area contributed by atoms with Gasteiger partial charge in [-0.1, -0.05) is 18.2 Å². The highest BCUT2D eigenvalue weighted by Crippen LogP contribution is 2.37. The quantitative estimate of drug-likeness (QED) is 0.858. The Morgan fingerprint density at radius 2 is 1.95 bits per heavy atom. The molecule has 0 saturated carbocycles. The molecule has 0 aliphatic carbocycles. The van der Waals surface area contributed by atoms with Crippen molar-refractivity contribution in [1.29, 1.82) is 0 Å². The molecule has 2 amide bonds. The molecule has 1 saturated heterocycles. The molecule has 22 heavy (non-hydrogen) atoms. The predicted molar refractivity (Wildman–Crippen MR) is 82.6 cm³/mol. The Hall–Kier alpha value is -1.91. The smallest absolute Gasteiger partial charge is 0.228 e. The predicted octanol–water partition coefficient (Wildman–Crippen LogP) is 2.60. The zero-order valence-electron chi connectivity index (χ0n) is 13.4. The zero-order valence-corrected chi connectivity index (χ0v) is 13.4. The van der Waals surface area contributed by atoms with E-state index in [2.05, 4.69) is 0 Å². The van der Waals surface area contributed by atoms with Crippen molar-refractivity contribution in [3.8, 4) is 0 Å². The molecule has 4 nitrogen and oxygen atoms in total. The Labute approximate surface area is 130 Å². The summed E-state index contributed by atoms with van der Waals surface area (Å²) in [6.45, 7) is 5.09. The van der Waals surface area contributed by atoms with Gasteiger partial charge in [0.25, 0.3) is 0 Å². The van der Waals surface area contributed by atoms with Crippen LogP contribution in [-0.4, -0.2) is 41.8 Å². The van der Waals surface area contributed by atoms with Crippen molar-refractivity contribution in [2.24, 2.45) is 5.92 Å². The molecule has 0 spiro atoms. The van der Waals surface area contributed by atoms with Crippen molar-refractivity contribution in [3.63, 3.8) is 0 Å². The summed E-state index contributed by atoms with van der Waals surface area (Å²) >= 11 is 0. The van der Waals surface area contributed by atoms with Gasteiger partial charge < -0.3 is 9.80 Å². The van der Waals surface area contributed by atoms with Gasteiger partial charge in [-0.05, 0) is 26.3 Å². The molecule has 1 aliphatic heterocycles. The summed E-state index contributed by atoms with van der Waals surface area (Å²) in [5.41, 5.74) is 0.420. The first-order valence-electron chi connectivity index (χ1n) is 7.80. The highest BCUT2D eigenvalue weighted by molar-refractivity contribution is 5.85. The van der Waals surface area contributed by atoms with Gasteiger partial charge in [-0.25, -0.2) is 4.39 Å². The number of likely N-dealkylation sites (tertiary alicyclic amines) is 1. The van der Waals surface area contributed by atoms with Crippen molar-refractivity contribution in [2.45, 2.75) is 32.7 Å². The fraction of sp³-hybridized carbons (Fsp3) is 0.529. The largest absolute Gasteiger partial charge is 0.343 e. The normalized spacial score (nSPS) is 21.8. The van der Waals surface area contributed by atoms with Gasteiger partial charge in [-0.15, -0.1) is 0 Å². The molecule has 0 N–H and O–H groups in total. The second-order valence-electron chi connectivity index (χ2n) is 5.63. The maximum atomic E-state index is 14.2. The lowest BCUT2D eigenvalue weighted by atomic mass is 9.83. The first-order valence-corrected chi connectivity index (χ1v) is 7.80. The van der Waals surface area contributed by atoms with E-state index in [0.29, 0.717) is 31.5 Å². The molecule has 2 atom stereocenters. The standard InChI is InChI=1S/C17H23FN2O2/c1-4-20(5-2)17(22)13-10-11-15(21)19(3)16(13)12-8-6-7-9-14(12)18/h6-9,13,16H,4-5,10-11H2,1-3H3. The average molecular weight is 306 g/mol. The zero-order chi connectivity index (χ0) is 16.3. The van der Waals surface area contributed by atoms with Crippen LogP contribution in [0.15, 0.2) is 24.3 Å². The molecule has 0 radical (unpaired) electrons. The third-order valence-electron chi connectivity index (χ3n) is 4.48. The van der Waals surface area contributed by atoms with Crippen LogP contribution in [0.5, 0.6) is 0 Å². The van der Waals surface area contributed by atoms with Crippen molar-refractivity contribution >= 4 is 11.8 Å². The van der Waals surface area contributed by atoms with Gasteiger partial charge in [0.15, 0.2) is 0 Å². The first kappa shape index (κ1) is 16.5. The van der Waals surface area contributed by atoms with Gasteiger partial charge in [-0.2, -0.15) is 0 Å². The summed E-state index contributed by atoms with van der Waals surface area (Å²) in [6, 6.07) is 5.86. The van der Waals surface area contributed by atoms with Crippen LogP contribution in [0, 0.1) is 11.7 Å². The molecule has 1 aliphatic rings. The SMILES string of the molecule is CCN(CC)C(=O)C1CCC(=O)N(C)C1c1ccccc1F. The number of benzene rings is 1. The molecule has 0 aromatic heterocycles. The van der Waals surface area contributed by atoms with E-state index in [0.717, 1.165) is 0 Å². The molecule has 2 unspecified atom stereocenters. The van der Waals surface area contributed by atoms with Crippen LogP contribution in [0.25, 0.3) is 0 Å². The van der Waals surface area contributed by atoms with Crippen LogP contribution in [0.3, 0.4) is 0 Å². The van der Waals surface area contributed by atoms with Crippen LogP contribution in [-0.2, 0) is 9.59 Å². The van der Waals surface area contributed by atoms with Crippen molar-refractivity contribution in [2.75, 3.05) is 20.1 Å². The Balaban J connectivity index is 2.40. The number of hydrogen-bond donors (Lipinski definition) is 0. The van der Waals surface area contributed by atoms with Crippen molar-refractivity contribution in [3.05, 3.63) is 35.6 Å². The lowest BCUT2D eigenvalue weighted by molar-refractivity contribution is -0.146. The summed E-state index contributed by atoms with van der Waals surface area (Å²) in [7, 11) is 1.65. The molecule has 1 aromatic carbocycles. The van der Waals surface area contributed by atoms with E-state index >= 15 is 0 Å². The number of hydrogen-bond acceptors (Lipinski definition) is 2. The molecule has 120 valence electrons. The van der Waals surface area contributed by atoms with Crippen LogP contribution in [0.4, 0.5) is 4.39 Å². The summed E-state index contributed by atoms with van der Waals surface area (Å²) in [4.78, 5) is 28.1. The molecule has 1 aromatic rings. The van der Waals surface area contributed by atoms with Crippen LogP contribution < -0.4 is 0 Å². The molecule has 0 bridgehead atoms. The second-order valence-corrected chi connectivity index (χ2v) is 5.63. The Kier molecular flexibility index (Phi) is 5.16. The van der Waals surface area contributed by atoms with Gasteiger partial charge >= 0.3 is 0 Å². The number of halogens is 1. The van der Waals surface area contributed by atoms with Gasteiger partial charge in [0.2, 0.25) is 11.8 Å². The topological polar surface area (TPSA) is 40.6 Å². The summed E-state index contributed by atoms with van der Waals surface area (Å²) < 4.78 is 14.2. The van der Waals surface area contributed by atoms with Crippen LogP contribution in [0.1, 0.15) is 38.3 Å². The number of carbonyl (C=O) groups is 2. The highest BCUT2D eigenvalue weighted by atomic mass is 19.1. The third-order valence-corrected chi connectivity index (χ3v) is 4.48. The van der Waals surface area contributed by atoms with Gasteiger partial charge in [0, 0.05) is 32.1 Å². The van der Waals surface area contributed by atoms with E-state index in [4.69, 9.17) is 0 Å². The number of amides is 2. The van der Waals surface area contributed by atoms with E-state index in [1.807, 2.05) is 13.8 Å². The van der Waals surface area contributed by atoms with Gasteiger partial charge in [0.05, 0.1) is 12.0 Å². The molecular weight excluding hydrogens is 283 g/mol. The van der Waals surface area contributed by atoms with E-state index in [1.54, 1.807) is 30.1 Å². The maximum absolute atomic E-state index is 14.2. The minimum atomic E-state index is -0.532. The van der Waals surface area contributed by atoms with Crippen LogP contribution >= 0.6 is 0 Å². The maximum Gasteiger partial charge on any atom is 0.228 e. The fourth-order valence-corrected chi connectivity index (χ4v) is 3.21. The van der Waals surface area contributed by atoms with E-state index in [1.165, 1.54) is 11.0 Å². The average Bonchev–Trinajstić information content (AvgIpc) is 2.52. The lowest BCUT2D eigenvalue weighted by Crippen LogP contribution is -2.47. The second kappa shape index (κ2) is 6.90. The highest BCUT2D eigenvalue weighted by Gasteiger charge is 2.41. The number of rotatable bonds is 4. The fourth-order valence-electron chi connectivity index (χ4n) is 3.21. The van der Waals surface area contributed by atoms with E-state index in [-0.39, 0.29) is 23.5 Å². The van der Waals surface area contributed by atoms with Gasteiger partial charge in [0.1, 0.15) is 5.82 Å². The molecule has 1 fully saturated rings. The molecule has 5 heteroatoms. The lowest BCUT2D eigenvalue weighted by Gasteiger charge is -2.40. The van der Waals surface area contributed by atoms with Crippen LogP contribution in [0.2, 0.25) is 0 Å². The number of carbonyl (C=O) groups excluding carboxylic acids is 2. The number of nitrogens with zero attached hydrogens (tertiary/aromatic N) is 2. The van der Waals surface area contributed by atoms with Crippen molar-refractivity contribution < 1.29 is 14.0 Å². The third kappa shape index (κ3) is 2.98. The molecular formula is C17H23FN2O2. The monoisotopic (exact) mass is 306 g/mol. The Bertz CT molecular complexity index is 557. The number of piperidine rings is 1. The van der Waals surface area contributed by atoms with E-state index in [9.17, 15) is 14.0 Å². The van der Waals surface area contributed by atoms with Gasteiger partial charge in [-0.3, -0.25) is 9.59 Å². The summed E-state index contributed by atoms with van der Waals surface area (Å²) in [6.07, 6.45) is 0.802. The minimum Gasteiger partial charge on any atom is -0.343 e. The Morgan fingerprint density at radius 1 is 1.32 bits per heavy atom. The summed E-state index contributed by atoms with van der Waals surface area (Å²) in [5, 5.41) is 0. The van der Waals surface area contributed by atoms with Crippen molar-refractivity contribution in [1.82, 2.24) is 9.80 Å². The minimum absolute atomic E-state index is 0.00222. The molecule has 1 heterocycles.